The fraction of sp³-hybridized carbons (Fsp3) is 0.364. The molecule has 0 fully saturated rings. The number of hydrogen-bond acceptors (Lipinski definition) is 5. The van der Waals surface area contributed by atoms with Crippen molar-refractivity contribution < 1.29 is 31.5 Å². The summed E-state index contributed by atoms with van der Waals surface area (Å²) in [6.07, 6.45) is -2.89. The maximum Gasteiger partial charge on any atom is 0.416 e. The molecule has 5 rings (SSSR count). The summed E-state index contributed by atoms with van der Waals surface area (Å²) in [5.41, 5.74) is 1.85. The number of benzene rings is 3. The van der Waals surface area contributed by atoms with Crippen molar-refractivity contribution in [3.8, 4) is 0 Å². The lowest BCUT2D eigenvalue weighted by Gasteiger charge is -2.32. The van der Waals surface area contributed by atoms with Gasteiger partial charge in [0.15, 0.2) is 0 Å². The van der Waals surface area contributed by atoms with Gasteiger partial charge in [0.2, 0.25) is 0 Å². The number of aromatic nitrogens is 1. The Labute approximate surface area is 260 Å². The number of nitrogens with zero attached hydrogens (tertiary/aromatic N) is 2. The first-order valence-corrected chi connectivity index (χ1v) is 16.3. The Hall–Kier alpha value is -3.87. The molecular weight excluding hydrogens is 605 g/mol. The van der Waals surface area contributed by atoms with Gasteiger partial charge in [-0.1, -0.05) is 49.4 Å². The van der Waals surface area contributed by atoms with Crippen molar-refractivity contribution in [2.24, 2.45) is 0 Å². The van der Waals surface area contributed by atoms with Crippen molar-refractivity contribution >= 4 is 32.5 Å². The molecule has 0 saturated carbocycles. The first kappa shape index (κ1) is 32.5. The quantitative estimate of drug-likeness (QED) is 0.221. The molecule has 0 saturated heterocycles. The van der Waals surface area contributed by atoms with Gasteiger partial charge in [0.1, 0.15) is 5.88 Å². The smallest absolute Gasteiger partial charge is 0.390 e. The zero-order valence-corrected chi connectivity index (χ0v) is 26.3. The van der Waals surface area contributed by atoms with Crippen LogP contribution in [0.2, 0.25) is 0 Å². The van der Waals surface area contributed by atoms with Crippen molar-refractivity contribution in [1.82, 2.24) is 15.2 Å². The van der Waals surface area contributed by atoms with Gasteiger partial charge in [-0.05, 0) is 67.6 Å². The largest absolute Gasteiger partial charge is 0.416 e. The number of nitrogens with one attached hydrogen (secondary N) is 2. The number of amides is 1. The molecule has 0 aliphatic carbocycles. The number of carbonyl (C=O) groups is 1. The molecule has 4 aromatic rings. The van der Waals surface area contributed by atoms with Crippen LogP contribution in [0.3, 0.4) is 0 Å². The molecule has 8 nitrogen and oxygen atoms in total. The second kappa shape index (κ2) is 12.1. The Bertz CT molecular complexity index is 1820. The minimum Gasteiger partial charge on any atom is -0.390 e. The number of alkyl halides is 3. The van der Waals surface area contributed by atoms with E-state index in [-0.39, 0.29) is 24.4 Å². The highest BCUT2D eigenvalue weighted by atomic mass is 32.2. The molecule has 45 heavy (non-hydrogen) atoms. The summed E-state index contributed by atoms with van der Waals surface area (Å²) in [4.78, 5) is 13.8. The van der Waals surface area contributed by atoms with E-state index in [1.54, 1.807) is 42.8 Å². The predicted molar refractivity (Wildman–Crippen MR) is 169 cm³/mol. The summed E-state index contributed by atoms with van der Waals surface area (Å²) in [5, 5.41) is 18.3. The third-order valence-electron chi connectivity index (χ3n) is 8.48. The van der Waals surface area contributed by atoms with Crippen LogP contribution in [0.15, 0.2) is 72.9 Å². The average molecular weight is 643 g/mol. The molecule has 3 aromatic carbocycles. The number of aliphatic hydroxyl groups excluding tert-OH is 1. The highest BCUT2D eigenvalue weighted by Crippen LogP contribution is 2.37. The van der Waals surface area contributed by atoms with Crippen molar-refractivity contribution in [1.29, 1.82) is 0 Å². The van der Waals surface area contributed by atoms with Crippen molar-refractivity contribution in [3.63, 3.8) is 0 Å². The van der Waals surface area contributed by atoms with E-state index < -0.39 is 45.4 Å². The summed E-state index contributed by atoms with van der Waals surface area (Å²) in [7, 11) is -2.17. The number of aliphatic hydroxyl groups is 1. The van der Waals surface area contributed by atoms with Gasteiger partial charge in [0.25, 0.3) is 15.9 Å². The van der Waals surface area contributed by atoms with E-state index >= 15 is 0 Å². The van der Waals surface area contributed by atoms with E-state index in [1.807, 2.05) is 37.3 Å². The fourth-order valence-corrected chi connectivity index (χ4v) is 6.91. The van der Waals surface area contributed by atoms with E-state index in [4.69, 9.17) is 0 Å². The Balaban J connectivity index is 1.42. The van der Waals surface area contributed by atoms with Crippen LogP contribution in [-0.2, 0) is 40.5 Å². The number of halogens is 3. The zero-order valence-electron chi connectivity index (χ0n) is 25.5. The second-order valence-corrected chi connectivity index (χ2v) is 14.0. The Morgan fingerprint density at radius 2 is 1.71 bits per heavy atom. The number of anilines is 1. The Morgan fingerprint density at radius 3 is 2.38 bits per heavy atom. The van der Waals surface area contributed by atoms with E-state index in [0.717, 1.165) is 34.2 Å². The van der Waals surface area contributed by atoms with E-state index in [2.05, 4.69) is 10.6 Å². The molecular formula is C33H37F3N4O4S. The van der Waals surface area contributed by atoms with Gasteiger partial charge in [-0.3, -0.25) is 9.10 Å². The van der Waals surface area contributed by atoms with Crippen molar-refractivity contribution in [2.75, 3.05) is 17.9 Å². The summed E-state index contributed by atoms with van der Waals surface area (Å²) >= 11 is 0. The predicted octanol–water partition coefficient (Wildman–Crippen LogP) is 5.19. The minimum absolute atomic E-state index is 0.0326. The second-order valence-electron chi connectivity index (χ2n) is 12.0. The molecule has 3 N–H and O–H groups in total. The highest BCUT2D eigenvalue weighted by Gasteiger charge is 2.34. The highest BCUT2D eigenvalue weighted by molar-refractivity contribution is 7.91. The number of rotatable bonds is 10. The third-order valence-corrected chi connectivity index (χ3v) is 10.1. The molecule has 1 aliphatic heterocycles. The van der Waals surface area contributed by atoms with Crippen LogP contribution >= 0.6 is 0 Å². The maximum atomic E-state index is 13.8. The molecule has 1 aromatic heterocycles. The molecule has 0 spiro atoms. The monoisotopic (exact) mass is 642 g/mol. The summed E-state index contributed by atoms with van der Waals surface area (Å²) in [6.45, 7) is 5.38. The first-order valence-electron chi connectivity index (χ1n) is 14.7. The summed E-state index contributed by atoms with van der Waals surface area (Å²) in [5.74, 6) is -0.676. The number of hydrogen-bond donors (Lipinski definition) is 3. The first-order chi connectivity index (χ1) is 21.1. The van der Waals surface area contributed by atoms with Crippen LogP contribution in [0.1, 0.15) is 53.4 Å². The molecule has 0 unspecified atom stereocenters. The van der Waals surface area contributed by atoms with E-state index in [0.29, 0.717) is 17.7 Å². The molecule has 2 atom stereocenters. The molecule has 2 heterocycles. The van der Waals surface area contributed by atoms with Gasteiger partial charge >= 0.3 is 6.18 Å². The Kier molecular flexibility index (Phi) is 8.78. The van der Waals surface area contributed by atoms with Crippen LogP contribution < -0.4 is 14.9 Å². The molecule has 1 aliphatic rings. The van der Waals surface area contributed by atoms with Crippen LogP contribution in [0.4, 0.5) is 18.9 Å². The summed E-state index contributed by atoms with van der Waals surface area (Å²) in [6, 6.07) is 16.8. The third kappa shape index (κ3) is 6.73. The summed E-state index contributed by atoms with van der Waals surface area (Å²) < 4.78 is 68.7. The number of aryl methyl sites for hydroxylation is 1. The van der Waals surface area contributed by atoms with Crippen molar-refractivity contribution in [2.45, 2.75) is 63.4 Å². The topological polar surface area (TPSA) is 104 Å². The lowest BCUT2D eigenvalue weighted by molar-refractivity contribution is -0.137. The van der Waals surface area contributed by atoms with Crippen LogP contribution in [-0.4, -0.2) is 49.7 Å². The zero-order chi connectivity index (χ0) is 32.7. The molecule has 0 radical (unpaired) electrons. The molecule has 1 amide bonds. The molecule has 240 valence electrons. The van der Waals surface area contributed by atoms with Gasteiger partial charge in [0, 0.05) is 36.3 Å². The number of carbonyl (C=O) groups excluding carboxylic acids is 1. The maximum absolute atomic E-state index is 13.8. The molecule has 12 heteroatoms. The van der Waals surface area contributed by atoms with Gasteiger partial charge < -0.3 is 20.3 Å². The van der Waals surface area contributed by atoms with Crippen molar-refractivity contribution in [3.05, 3.63) is 101 Å². The van der Waals surface area contributed by atoms with E-state index in [1.165, 1.54) is 17.4 Å². The van der Waals surface area contributed by atoms with Gasteiger partial charge in [0.05, 0.1) is 28.9 Å². The number of sulfonamides is 1. The van der Waals surface area contributed by atoms with Crippen LogP contribution in [0, 0.1) is 0 Å². The molecule has 0 bridgehead atoms. The SMILES string of the molecule is CCc1cn2c3c(cc(C(=O)N[C@@H](Cc4ccccc4)[C@H](O)CNC(C)(C)c4cccc(C(F)(F)F)c4)cc13)N(C)S(=O)(=O)C2. The van der Waals surface area contributed by atoms with Crippen LogP contribution in [0.25, 0.3) is 10.9 Å². The lowest BCUT2D eigenvalue weighted by atomic mass is 9.92. The minimum atomic E-state index is -4.49. The van der Waals surface area contributed by atoms with Gasteiger partial charge in [-0.25, -0.2) is 8.42 Å². The lowest BCUT2D eigenvalue weighted by Crippen LogP contribution is -2.51. The van der Waals surface area contributed by atoms with E-state index in [9.17, 15) is 31.5 Å². The fourth-order valence-electron chi connectivity index (χ4n) is 5.75. The van der Waals surface area contributed by atoms with Gasteiger partial charge in [-0.15, -0.1) is 0 Å². The Morgan fingerprint density at radius 1 is 1.02 bits per heavy atom. The average Bonchev–Trinajstić information content (AvgIpc) is 3.35. The standard InChI is InChI=1S/C33H37F3N4O4S/c1-5-22-19-40-20-45(43,44)39(4)28-16-23(15-26(22)30(28)40)31(42)38-27(14-21-10-7-6-8-11-21)29(41)18-37-32(2,3)24-12-9-13-25(17-24)33(34,35)36/h6-13,15-17,19,27,29,37,41H,5,14,18,20H2,1-4H3,(H,38,42)/t27-,29+/m0/s1. The normalized spacial score (nSPS) is 16.0. The van der Waals surface area contributed by atoms with Crippen LogP contribution in [0.5, 0.6) is 0 Å². The van der Waals surface area contributed by atoms with Gasteiger partial charge in [-0.2, -0.15) is 13.2 Å².